The lowest BCUT2D eigenvalue weighted by Gasteiger charge is -2.40. The largest absolute Gasteiger partial charge is 0.376 e. The van der Waals surface area contributed by atoms with E-state index in [0.29, 0.717) is 6.04 Å². The standard InChI is InChI=1S/C7H16N2O/c1-7(2,10)8-6-4-9(3)5-6/h6,8,10H,4-5H2,1-3H3. The number of hydrogen-bond donors (Lipinski definition) is 2. The minimum Gasteiger partial charge on any atom is -0.376 e. The fourth-order valence-corrected chi connectivity index (χ4v) is 1.29. The molecular formula is C7H16N2O. The first kappa shape index (κ1) is 7.98. The van der Waals surface area contributed by atoms with Crippen molar-refractivity contribution < 1.29 is 5.11 Å². The maximum absolute atomic E-state index is 9.31. The molecule has 0 bridgehead atoms. The quantitative estimate of drug-likeness (QED) is 0.518. The Morgan fingerprint density at radius 1 is 1.50 bits per heavy atom. The van der Waals surface area contributed by atoms with Crippen LogP contribution in [0.2, 0.25) is 0 Å². The van der Waals surface area contributed by atoms with Gasteiger partial charge in [0, 0.05) is 19.1 Å². The smallest absolute Gasteiger partial charge is 0.110 e. The van der Waals surface area contributed by atoms with E-state index in [-0.39, 0.29) is 0 Å². The van der Waals surface area contributed by atoms with Crippen molar-refractivity contribution in [3.05, 3.63) is 0 Å². The van der Waals surface area contributed by atoms with E-state index in [0.717, 1.165) is 13.1 Å². The van der Waals surface area contributed by atoms with Crippen LogP contribution in [0.25, 0.3) is 0 Å². The van der Waals surface area contributed by atoms with Gasteiger partial charge in [-0.15, -0.1) is 0 Å². The molecule has 1 saturated heterocycles. The molecular weight excluding hydrogens is 128 g/mol. The Hall–Kier alpha value is -0.120. The number of nitrogens with zero attached hydrogens (tertiary/aromatic N) is 1. The Kier molecular flexibility index (Phi) is 1.99. The third-order valence-electron chi connectivity index (χ3n) is 1.62. The highest BCUT2D eigenvalue weighted by Crippen LogP contribution is 2.07. The molecule has 0 atom stereocenters. The molecule has 3 nitrogen and oxygen atoms in total. The number of rotatable bonds is 2. The Balaban J connectivity index is 2.16. The number of likely N-dealkylation sites (N-methyl/N-ethyl adjacent to an activating group) is 1. The van der Waals surface area contributed by atoms with Crippen LogP contribution in [0.4, 0.5) is 0 Å². The Morgan fingerprint density at radius 2 is 2.00 bits per heavy atom. The van der Waals surface area contributed by atoms with Crippen LogP contribution >= 0.6 is 0 Å². The molecule has 0 aliphatic carbocycles. The van der Waals surface area contributed by atoms with Gasteiger partial charge in [0.2, 0.25) is 0 Å². The van der Waals surface area contributed by atoms with E-state index in [1.54, 1.807) is 13.8 Å². The zero-order valence-electron chi connectivity index (χ0n) is 6.89. The van der Waals surface area contributed by atoms with E-state index < -0.39 is 5.72 Å². The molecule has 1 fully saturated rings. The first-order chi connectivity index (χ1) is 4.47. The highest BCUT2D eigenvalue weighted by Gasteiger charge is 2.27. The lowest BCUT2D eigenvalue weighted by Crippen LogP contribution is -2.61. The summed E-state index contributed by atoms with van der Waals surface area (Å²) in [4.78, 5) is 2.21. The highest BCUT2D eigenvalue weighted by molar-refractivity contribution is 4.85. The molecule has 10 heavy (non-hydrogen) atoms. The van der Waals surface area contributed by atoms with Gasteiger partial charge in [0.05, 0.1) is 0 Å². The lowest BCUT2D eigenvalue weighted by atomic mass is 10.1. The molecule has 0 aromatic heterocycles. The first-order valence-electron chi connectivity index (χ1n) is 3.66. The Labute approximate surface area is 62.0 Å². The predicted molar refractivity (Wildman–Crippen MR) is 40.7 cm³/mol. The highest BCUT2D eigenvalue weighted by atomic mass is 16.3. The van der Waals surface area contributed by atoms with Gasteiger partial charge in [-0.05, 0) is 20.9 Å². The molecule has 0 aromatic carbocycles. The van der Waals surface area contributed by atoms with Crippen LogP contribution in [0.1, 0.15) is 13.8 Å². The van der Waals surface area contributed by atoms with Crippen molar-refractivity contribution in [3.8, 4) is 0 Å². The lowest BCUT2D eigenvalue weighted by molar-refractivity contribution is 0.00290. The number of nitrogens with one attached hydrogen (secondary N) is 1. The average molecular weight is 144 g/mol. The maximum Gasteiger partial charge on any atom is 0.110 e. The Bertz CT molecular complexity index is 113. The van der Waals surface area contributed by atoms with Crippen molar-refractivity contribution in [3.63, 3.8) is 0 Å². The summed E-state index contributed by atoms with van der Waals surface area (Å²) in [6.45, 7) is 5.63. The fraction of sp³-hybridized carbons (Fsp3) is 1.00. The van der Waals surface area contributed by atoms with Crippen molar-refractivity contribution in [1.82, 2.24) is 10.2 Å². The van der Waals surface area contributed by atoms with Crippen LogP contribution in [0.15, 0.2) is 0 Å². The molecule has 3 heteroatoms. The molecule has 2 N–H and O–H groups in total. The zero-order chi connectivity index (χ0) is 7.78. The van der Waals surface area contributed by atoms with Gasteiger partial charge in [-0.1, -0.05) is 0 Å². The van der Waals surface area contributed by atoms with Crippen LogP contribution < -0.4 is 5.32 Å². The van der Waals surface area contributed by atoms with Crippen molar-refractivity contribution in [2.45, 2.75) is 25.6 Å². The summed E-state index contributed by atoms with van der Waals surface area (Å²) in [6.07, 6.45) is 0. The molecule has 0 spiro atoms. The van der Waals surface area contributed by atoms with Crippen LogP contribution in [0.5, 0.6) is 0 Å². The second-order valence-corrected chi connectivity index (χ2v) is 3.62. The van der Waals surface area contributed by atoms with Crippen LogP contribution in [-0.4, -0.2) is 41.9 Å². The van der Waals surface area contributed by atoms with Gasteiger partial charge in [-0.25, -0.2) is 0 Å². The van der Waals surface area contributed by atoms with Crippen LogP contribution in [-0.2, 0) is 0 Å². The van der Waals surface area contributed by atoms with Crippen molar-refractivity contribution in [1.29, 1.82) is 0 Å². The van der Waals surface area contributed by atoms with E-state index in [2.05, 4.69) is 17.3 Å². The topological polar surface area (TPSA) is 35.5 Å². The third-order valence-corrected chi connectivity index (χ3v) is 1.62. The summed E-state index contributed by atoms with van der Waals surface area (Å²) in [5.41, 5.74) is -0.716. The third kappa shape index (κ3) is 2.25. The molecule has 0 radical (unpaired) electrons. The molecule has 1 heterocycles. The van der Waals surface area contributed by atoms with Gasteiger partial charge < -0.3 is 10.0 Å². The van der Waals surface area contributed by atoms with Crippen molar-refractivity contribution in [2.24, 2.45) is 0 Å². The number of likely N-dealkylation sites (tertiary alicyclic amines) is 1. The molecule has 1 aliphatic heterocycles. The normalized spacial score (nSPS) is 22.8. The molecule has 0 aromatic rings. The molecule has 1 rings (SSSR count). The minimum atomic E-state index is -0.716. The summed E-state index contributed by atoms with van der Waals surface area (Å²) in [6, 6.07) is 0.477. The summed E-state index contributed by atoms with van der Waals surface area (Å²) in [5, 5.41) is 12.4. The summed E-state index contributed by atoms with van der Waals surface area (Å²) in [5.74, 6) is 0. The van der Waals surface area contributed by atoms with Crippen molar-refractivity contribution >= 4 is 0 Å². The minimum absolute atomic E-state index is 0.477. The summed E-state index contributed by atoms with van der Waals surface area (Å²) in [7, 11) is 2.07. The van der Waals surface area contributed by atoms with Gasteiger partial charge in [0.15, 0.2) is 0 Å². The van der Waals surface area contributed by atoms with E-state index in [9.17, 15) is 5.11 Å². The van der Waals surface area contributed by atoms with Gasteiger partial charge >= 0.3 is 0 Å². The monoisotopic (exact) mass is 144 g/mol. The van der Waals surface area contributed by atoms with Crippen LogP contribution in [0.3, 0.4) is 0 Å². The number of hydrogen-bond acceptors (Lipinski definition) is 3. The number of aliphatic hydroxyl groups is 1. The first-order valence-corrected chi connectivity index (χ1v) is 3.66. The van der Waals surface area contributed by atoms with Gasteiger partial charge in [0.25, 0.3) is 0 Å². The fourth-order valence-electron chi connectivity index (χ4n) is 1.29. The Morgan fingerprint density at radius 3 is 2.30 bits per heavy atom. The maximum atomic E-state index is 9.31. The van der Waals surface area contributed by atoms with Gasteiger partial charge in [0.1, 0.15) is 5.72 Å². The van der Waals surface area contributed by atoms with Crippen LogP contribution in [0, 0.1) is 0 Å². The molecule has 0 amide bonds. The van der Waals surface area contributed by atoms with Gasteiger partial charge in [-0.2, -0.15) is 0 Å². The summed E-state index contributed by atoms with van der Waals surface area (Å²) >= 11 is 0. The van der Waals surface area contributed by atoms with Crippen molar-refractivity contribution in [2.75, 3.05) is 20.1 Å². The predicted octanol–water partition coefficient (Wildman–Crippen LogP) is -0.382. The SMILES string of the molecule is CN1CC(NC(C)(C)O)C1. The van der Waals surface area contributed by atoms with E-state index >= 15 is 0 Å². The summed E-state index contributed by atoms with van der Waals surface area (Å²) < 4.78 is 0. The second-order valence-electron chi connectivity index (χ2n) is 3.62. The van der Waals surface area contributed by atoms with E-state index in [1.807, 2.05) is 0 Å². The van der Waals surface area contributed by atoms with Gasteiger partial charge in [-0.3, -0.25) is 5.32 Å². The zero-order valence-corrected chi connectivity index (χ0v) is 6.89. The molecule has 0 saturated carbocycles. The second kappa shape index (κ2) is 2.49. The average Bonchev–Trinajstić information content (AvgIpc) is 1.57. The molecule has 0 unspecified atom stereocenters. The molecule has 60 valence electrons. The van der Waals surface area contributed by atoms with E-state index in [4.69, 9.17) is 0 Å². The van der Waals surface area contributed by atoms with E-state index in [1.165, 1.54) is 0 Å². The molecule has 1 aliphatic rings.